The molecular formula is C23H29NO5. The minimum absolute atomic E-state index is 0.269. The van der Waals surface area contributed by atoms with Gasteiger partial charge in [0.2, 0.25) is 0 Å². The van der Waals surface area contributed by atoms with E-state index in [2.05, 4.69) is 6.07 Å². The predicted molar refractivity (Wildman–Crippen MR) is 111 cm³/mol. The van der Waals surface area contributed by atoms with E-state index in [-0.39, 0.29) is 12.5 Å². The van der Waals surface area contributed by atoms with E-state index in [1.807, 2.05) is 39.8 Å². The first kappa shape index (κ1) is 22.3. The molecule has 0 unspecified atom stereocenters. The number of esters is 1. The molecule has 0 bridgehead atoms. The van der Waals surface area contributed by atoms with Crippen molar-refractivity contribution in [2.75, 3.05) is 26.9 Å². The molecule has 0 aliphatic rings. The van der Waals surface area contributed by atoms with E-state index in [1.54, 1.807) is 30.1 Å². The minimum Gasteiger partial charge on any atom is -0.490 e. The smallest absolute Gasteiger partial charge is 0.338 e. The van der Waals surface area contributed by atoms with E-state index in [9.17, 15) is 9.59 Å². The van der Waals surface area contributed by atoms with Crippen molar-refractivity contribution in [2.24, 2.45) is 0 Å². The van der Waals surface area contributed by atoms with Crippen molar-refractivity contribution in [3.05, 3.63) is 58.7 Å². The number of amides is 1. The Morgan fingerprint density at radius 2 is 1.62 bits per heavy atom. The number of benzene rings is 2. The van der Waals surface area contributed by atoms with Crippen molar-refractivity contribution in [1.29, 1.82) is 0 Å². The summed E-state index contributed by atoms with van der Waals surface area (Å²) in [5.41, 5.74) is 3.67. The van der Waals surface area contributed by atoms with Crippen LogP contribution in [0, 0.1) is 13.8 Å². The van der Waals surface area contributed by atoms with Crippen molar-refractivity contribution in [3.8, 4) is 11.5 Å². The summed E-state index contributed by atoms with van der Waals surface area (Å²) in [6, 6.07) is 10.9. The van der Waals surface area contributed by atoms with Gasteiger partial charge >= 0.3 is 5.97 Å². The Kier molecular flexibility index (Phi) is 8.07. The van der Waals surface area contributed by atoms with Crippen molar-refractivity contribution >= 4 is 11.9 Å². The molecule has 0 aliphatic heterocycles. The molecule has 6 heteroatoms. The molecule has 2 aromatic carbocycles. The van der Waals surface area contributed by atoms with E-state index >= 15 is 0 Å². The Labute approximate surface area is 172 Å². The van der Waals surface area contributed by atoms with Crippen molar-refractivity contribution in [2.45, 2.75) is 34.2 Å². The number of carbonyl (C=O) groups excluding carboxylic acids is 2. The number of likely N-dealkylation sites (N-methyl/N-ethyl adjacent to an activating group) is 1. The van der Waals surface area contributed by atoms with Gasteiger partial charge in [0.05, 0.1) is 18.8 Å². The molecule has 2 rings (SSSR count). The summed E-state index contributed by atoms with van der Waals surface area (Å²) < 4.78 is 16.2. The molecule has 0 atom stereocenters. The van der Waals surface area contributed by atoms with Crippen LogP contribution in [-0.2, 0) is 16.1 Å². The lowest BCUT2D eigenvalue weighted by Crippen LogP contribution is -2.31. The number of hydrogen-bond donors (Lipinski definition) is 0. The summed E-state index contributed by atoms with van der Waals surface area (Å²) in [6.45, 7) is 8.84. The Hall–Kier alpha value is -3.02. The minimum atomic E-state index is -0.581. The third-order valence-electron chi connectivity index (χ3n) is 4.44. The molecule has 29 heavy (non-hydrogen) atoms. The first-order valence-corrected chi connectivity index (χ1v) is 9.72. The Morgan fingerprint density at radius 3 is 2.28 bits per heavy atom. The van der Waals surface area contributed by atoms with Crippen LogP contribution in [0.5, 0.6) is 11.5 Å². The van der Waals surface area contributed by atoms with Crippen LogP contribution in [0.3, 0.4) is 0 Å². The van der Waals surface area contributed by atoms with Gasteiger partial charge in [0, 0.05) is 13.6 Å². The molecule has 0 fully saturated rings. The largest absolute Gasteiger partial charge is 0.490 e. The summed E-state index contributed by atoms with van der Waals surface area (Å²) in [5, 5.41) is 0. The Balaban J connectivity index is 1.96. The average Bonchev–Trinajstić information content (AvgIpc) is 2.69. The summed E-state index contributed by atoms with van der Waals surface area (Å²) in [6.07, 6.45) is 0. The maximum Gasteiger partial charge on any atom is 0.338 e. The van der Waals surface area contributed by atoms with Crippen LogP contribution in [0.4, 0.5) is 0 Å². The van der Waals surface area contributed by atoms with Crippen LogP contribution >= 0.6 is 0 Å². The zero-order chi connectivity index (χ0) is 21.4. The summed E-state index contributed by atoms with van der Waals surface area (Å²) in [7, 11) is 1.69. The molecule has 6 nitrogen and oxygen atoms in total. The second-order valence-corrected chi connectivity index (χ2v) is 6.78. The van der Waals surface area contributed by atoms with Crippen LogP contribution in [-0.4, -0.2) is 43.6 Å². The van der Waals surface area contributed by atoms with E-state index in [0.29, 0.717) is 36.8 Å². The standard InChI is InChI=1S/C23H29NO5/c1-6-27-20-11-10-18(13-21(20)28-7-2)23(26)29-15-22(25)24(5)14-19-9-8-16(3)12-17(19)4/h8-13H,6-7,14-15H2,1-5H3. The molecular weight excluding hydrogens is 370 g/mol. The molecule has 0 heterocycles. The third-order valence-corrected chi connectivity index (χ3v) is 4.44. The van der Waals surface area contributed by atoms with Crippen molar-refractivity contribution in [3.63, 3.8) is 0 Å². The number of ether oxygens (including phenoxy) is 3. The van der Waals surface area contributed by atoms with Crippen LogP contribution in [0.25, 0.3) is 0 Å². The summed E-state index contributed by atoms with van der Waals surface area (Å²) >= 11 is 0. The molecule has 156 valence electrons. The van der Waals surface area contributed by atoms with Crippen molar-refractivity contribution in [1.82, 2.24) is 4.90 Å². The van der Waals surface area contributed by atoms with Gasteiger partial charge in [-0.3, -0.25) is 4.79 Å². The maximum atomic E-state index is 12.4. The Bertz CT molecular complexity index is 862. The van der Waals surface area contributed by atoms with Crippen LogP contribution in [0.2, 0.25) is 0 Å². The van der Waals surface area contributed by atoms with Gasteiger partial charge in [0.1, 0.15) is 0 Å². The van der Waals surface area contributed by atoms with Gasteiger partial charge in [-0.25, -0.2) is 4.79 Å². The van der Waals surface area contributed by atoms with Crippen LogP contribution in [0.15, 0.2) is 36.4 Å². The van der Waals surface area contributed by atoms with Gasteiger partial charge in [-0.15, -0.1) is 0 Å². The van der Waals surface area contributed by atoms with Gasteiger partial charge < -0.3 is 19.1 Å². The molecule has 0 N–H and O–H groups in total. The number of carbonyl (C=O) groups is 2. The number of nitrogens with zero attached hydrogens (tertiary/aromatic N) is 1. The highest BCUT2D eigenvalue weighted by molar-refractivity contribution is 5.92. The first-order valence-electron chi connectivity index (χ1n) is 9.72. The van der Waals surface area contributed by atoms with E-state index < -0.39 is 5.97 Å². The first-order chi connectivity index (χ1) is 13.8. The average molecular weight is 399 g/mol. The lowest BCUT2D eigenvalue weighted by Gasteiger charge is -2.19. The van der Waals surface area contributed by atoms with Gasteiger partial charge in [-0.05, 0) is 57.0 Å². The molecule has 0 saturated heterocycles. The molecule has 2 aromatic rings. The van der Waals surface area contributed by atoms with Gasteiger partial charge in [-0.1, -0.05) is 23.8 Å². The highest BCUT2D eigenvalue weighted by Crippen LogP contribution is 2.28. The number of aryl methyl sites for hydroxylation is 2. The van der Waals surface area contributed by atoms with Gasteiger partial charge in [0.15, 0.2) is 18.1 Å². The molecule has 0 radical (unpaired) electrons. The topological polar surface area (TPSA) is 65.1 Å². The summed E-state index contributed by atoms with van der Waals surface area (Å²) in [5.74, 6) is 0.189. The third kappa shape index (κ3) is 6.24. The van der Waals surface area contributed by atoms with Crippen LogP contribution in [0.1, 0.15) is 40.9 Å². The van der Waals surface area contributed by atoms with Crippen molar-refractivity contribution < 1.29 is 23.8 Å². The highest BCUT2D eigenvalue weighted by Gasteiger charge is 2.16. The van der Waals surface area contributed by atoms with E-state index in [1.165, 1.54) is 5.56 Å². The van der Waals surface area contributed by atoms with Gasteiger partial charge in [-0.2, -0.15) is 0 Å². The fraction of sp³-hybridized carbons (Fsp3) is 0.391. The number of hydrogen-bond acceptors (Lipinski definition) is 5. The molecule has 0 aliphatic carbocycles. The van der Waals surface area contributed by atoms with Gasteiger partial charge in [0.25, 0.3) is 5.91 Å². The fourth-order valence-corrected chi connectivity index (χ4v) is 2.87. The second kappa shape index (κ2) is 10.5. The zero-order valence-electron chi connectivity index (χ0n) is 17.8. The lowest BCUT2D eigenvalue weighted by atomic mass is 10.1. The van der Waals surface area contributed by atoms with E-state index in [0.717, 1.165) is 11.1 Å². The normalized spacial score (nSPS) is 10.4. The maximum absolute atomic E-state index is 12.4. The lowest BCUT2D eigenvalue weighted by molar-refractivity contribution is -0.133. The molecule has 0 aromatic heterocycles. The Morgan fingerprint density at radius 1 is 0.931 bits per heavy atom. The molecule has 1 amide bonds. The zero-order valence-corrected chi connectivity index (χ0v) is 17.8. The summed E-state index contributed by atoms with van der Waals surface area (Å²) in [4.78, 5) is 26.3. The second-order valence-electron chi connectivity index (χ2n) is 6.78. The predicted octanol–water partition coefficient (Wildman–Crippen LogP) is 3.92. The van der Waals surface area contributed by atoms with Crippen LogP contribution < -0.4 is 9.47 Å². The monoisotopic (exact) mass is 399 g/mol. The SMILES string of the molecule is CCOc1ccc(C(=O)OCC(=O)N(C)Cc2ccc(C)cc2C)cc1OCC. The molecule has 0 spiro atoms. The fourth-order valence-electron chi connectivity index (χ4n) is 2.87. The van der Waals surface area contributed by atoms with E-state index in [4.69, 9.17) is 14.2 Å². The quantitative estimate of drug-likeness (QED) is 0.598. The highest BCUT2D eigenvalue weighted by atomic mass is 16.5. The number of rotatable bonds is 9. The molecule has 0 saturated carbocycles.